The van der Waals surface area contributed by atoms with E-state index >= 15 is 0 Å². The number of hydrogen-bond acceptors (Lipinski definition) is 5. The van der Waals surface area contributed by atoms with Gasteiger partial charge in [0, 0.05) is 6.54 Å². The van der Waals surface area contributed by atoms with Crippen molar-refractivity contribution >= 4 is 17.0 Å². The lowest BCUT2D eigenvalue weighted by molar-refractivity contribution is 0.223. The molecule has 3 heterocycles. The van der Waals surface area contributed by atoms with E-state index in [-0.39, 0.29) is 0 Å². The fourth-order valence-corrected chi connectivity index (χ4v) is 2.86. The number of hydrogen-bond donors (Lipinski definition) is 1. The highest BCUT2D eigenvalue weighted by atomic mass is 15.1. The topological polar surface area (TPSA) is 72.9 Å². The number of anilines is 1. The molecule has 0 aromatic carbocycles. The van der Waals surface area contributed by atoms with Crippen molar-refractivity contribution in [3.8, 4) is 0 Å². The molecule has 1 saturated heterocycles. The number of likely N-dealkylation sites (tertiary alicyclic amines) is 1. The number of nitrogens with zero attached hydrogens (tertiary/aromatic N) is 5. The van der Waals surface area contributed by atoms with Crippen LogP contribution in [0, 0.1) is 0 Å². The van der Waals surface area contributed by atoms with Crippen molar-refractivity contribution in [2.75, 3.05) is 25.4 Å². The lowest BCUT2D eigenvalue weighted by Gasteiger charge is -2.26. The van der Waals surface area contributed by atoms with Crippen LogP contribution in [0.4, 0.5) is 5.82 Å². The van der Waals surface area contributed by atoms with Gasteiger partial charge in [-0.2, -0.15) is 0 Å². The normalized spacial score (nSPS) is 16.8. The standard InChI is InChI=1S/C14H22N6/c15-13-12-14(17-10-16-13)20(11-18-12)9-5-4-8-19-6-2-1-3-7-19/h10-11H,1-9H2,(H2,15,16,17). The Morgan fingerprint density at radius 2 is 1.80 bits per heavy atom. The first-order chi connectivity index (χ1) is 9.84. The van der Waals surface area contributed by atoms with E-state index in [1.165, 1.54) is 51.6 Å². The van der Waals surface area contributed by atoms with E-state index in [2.05, 4.69) is 24.4 Å². The van der Waals surface area contributed by atoms with Crippen molar-refractivity contribution in [3.05, 3.63) is 12.7 Å². The van der Waals surface area contributed by atoms with E-state index in [1.807, 2.05) is 6.33 Å². The molecule has 0 atom stereocenters. The number of aromatic nitrogens is 4. The van der Waals surface area contributed by atoms with Crippen LogP contribution >= 0.6 is 0 Å². The Bertz CT molecular complexity index is 558. The first-order valence-electron chi connectivity index (χ1n) is 7.48. The molecule has 0 radical (unpaired) electrons. The van der Waals surface area contributed by atoms with Gasteiger partial charge in [-0.1, -0.05) is 6.42 Å². The number of rotatable bonds is 5. The van der Waals surface area contributed by atoms with Crippen LogP contribution < -0.4 is 5.73 Å². The second-order valence-corrected chi connectivity index (χ2v) is 5.48. The molecule has 1 fully saturated rings. The summed E-state index contributed by atoms with van der Waals surface area (Å²) in [5, 5.41) is 0. The van der Waals surface area contributed by atoms with Crippen LogP contribution in [0.2, 0.25) is 0 Å². The first kappa shape index (κ1) is 13.3. The van der Waals surface area contributed by atoms with Crippen LogP contribution in [0.5, 0.6) is 0 Å². The van der Waals surface area contributed by atoms with Gasteiger partial charge in [0.15, 0.2) is 11.5 Å². The van der Waals surface area contributed by atoms with Crippen LogP contribution in [-0.2, 0) is 6.54 Å². The molecule has 1 aliphatic rings. The zero-order valence-corrected chi connectivity index (χ0v) is 11.8. The average molecular weight is 274 g/mol. The molecule has 0 aliphatic carbocycles. The van der Waals surface area contributed by atoms with E-state index in [4.69, 9.17) is 5.73 Å². The smallest absolute Gasteiger partial charge is 0.165 e. The van der Waals surface area contributed by atoms with Gasteiger partial charge in [-0.15, -0.1) is 0 Å². The van der Waals surface area contributed by atoms with E-state index < -0.39 is 0 Å². The molecule has 108 valence electrons. The monoisotopic (exact) mass is 274 g/mol. The minimum atomic E-state index is 0.460. The number of fused-ring (bicyclic) bond motifs is 1. The fraction of sp³-hybridized carbons (Fsp3) is 0.643. The predicted molar refractivity (Wildman–Crippen MR) is 79.3 cm³/mol. The zero-order valence-electron chi connectivity index (χ0n) is 11.8. The minimum absolute atomic E-state index is 0.460. The molecule has 0 unspecified atom stereocenters. The SMILES string of the molecule is Nc1ncnc2c1ncn2CCCCN1CCCCC1. The van der Waals surface area contributed by atoms with E-state index in [0.717, 1.165) is 18.6 Å². The predicted octanol–water partition coefficient (Wildman–Crippen LogP) is 1.67. The lowest BCUT2D eigenvalue weighted by Crippen LogP contribution is -2.30. The van der Waals surface area contributed by atoms with Crippen molar-refractivity contribution in [3.63, 3.8) is 0 Å². The third kappa shape index (κ3) is 2.90. The number of aryl methyl sites for hydroxylation is 1. The van der Waals surface area contributed by atoms with Crippen molar-refractivity contribution in [1.82, 2.24) is 24.4 Å². The molecule has 6 heteroatoms. The van der Waals surface area contributed by atoms with Crippen LogP contribution in [-0.4, -0.2) is 44.1 Å². The third-order valence-corrected chi connectivity index (χ3v) is 4.00. The maximum absolute atomic E-state index is 5.79. The van der Waals surface area contributed by atoms with Crippen LogP contribution in [0.15, 0.2) is 12.7 Å². The van der Waals surface area contributed by atoms with Gasteiger partial charge in [0.25, 0.3) is 0 Å². The molecule has 0 spiro atoms. The highest BCUT2D eigenvalue weighted by Crippen LogP contribution is 2.15. The summed E-state index contributed by atoms with van der Waals surface area (Å²) in [7, 11) is 0. The van der Waals surface area contributed by atoms with E-state index in [1.54, 1.807) is 0 Å². The highest BCUT2D eigenvalue weighted by molar-refractivity contribution is 5.80. The number of imidazole rings is 1. The average Bonchev–Trinajstić information content (AvgIpc) is 2.90. The Morgan fingerprint density at radius 3 is 2.65 bits per heavy atom. The third-order valence-electron chi connectivity index (χ3n) is 4.00. The Labute approximate surface area is 119 Å². The molecule has 0 saturated carbocycles. The largest absolute Gasteiger partial charge is 0.382 e. The van der Waals surface area contributed by atoms with E-state index in [0.29, 0.717) is 11.3 Å². The van der Waals surface area contributed by atoms with Gasteiger partial charge >= 0.3 is 0 Å². The van der Waals surface area contributed by atoms with Crippen LogP contribution in [0.25, 0.3) is 11.2 Å². The van der Waals surface area contributed by atoms with Crippen molar-refractivity contribution < 1.29 is 0 Å². The Hall–Kier alpha value is -1.69. The summed E-state index contributed by atoms with van der Waals surface area (Å²) in [4.78, 5) is 15.1. The van der Waals surface area contributed by atoms with Gasteiger partial charge < -0.3 is 15.2 Å². The summed E-state index contributed by atoms with van der Waals surface area (Å²) < 4.78 is 2.07. The number of nitrogen functional groups attached to an aromatic ring is 1. The summed E-state index contributed by atoms with van der Waals surface area (Å²) in [5.74, 6) is 0.460. The number of unbranched alkanes of at least 4 members (excludes halogenated alkanes) is 1. The molecule has 2 N–H and O–H groups in total. The molecule has 0 bridgehead atoms. The van der Waals surface area contributed by atoms with Crippen LogP contribution in [0.1, 0.15) is 32.1 Å². The molecule has 2 aromatic heterocycles. The molecule has 20 heavy (non-hydrogen) atoms. The van der Waals surface area contributed by atoms with Gasteiger partial charge in [0.05, 0.1) is 6.33 Å². The Morgan fingerprint density at radius 1 is 1.00 bits per heavy atom. The Balaban J connectivity index is 1.51. The molecule has 1 aliphatic heterocycles. The van der Waals surface area contributed by atoms with Gasteiger partial charge in [-0.3, -0.25) is 0 Å². The zero-order chi connectivity index (χ0) is 13.8. The second kappa shape index (κ2) is 6.17. The van der Waals surface area contributed by atoms with Gasteiger partial charge in [0.1, 0.15) is 11.8 Å². The molecule has 3 rings (SSSR count). The van der Waals surface area contributed by atoms with Gasteiger partial charge in [-0.25, -0.2) is 15.0 Å². The minimum Gasteiger partial charge on any atom is -0.382 e. The summed E-state index contributed by atoms with van der Waals surface area (Å²) in [6.45, 7) is 4.71. The summed E-state index contributed by atoms with van der Waals surface area (Å²) >= 11 is 0. The van der Waals surface area contributed by atoms with E-state index in [9.17, 15) is 0 Å². The van der Waals surface area contributed by atoms with Crippen molar-refractivity contribution in [1.29, 1.82) is 0 Å². The number of piperidine rings is 1. The fourth-order valence-electron chi connectivity index (χ4n) is 2.86. The second-order valence-electron chi connectivity index (χ2n) is 5.48. The van der Waals surface area contributed by atoms with Gasteiger partial charge in [0.2, 0.25) is 0 Å². The maximum atomic E-state index is 5.79. The molecule has 0 amide bonds. The highest BCUT2D eigenvalue weighted by Gasteiger charge is 2.10. The van der Waals surface area contributed by atoms with Crippen molar-refractivity contribution in [2.24, 2.45) is 0 Å². The lowest BCUT2D eigenvalue weighted by atomic mass is 10.1. The number of nitrogens with two attached hydrogens (primary N) is 1. The van der Waals surface area contributed by atoms with Crippen molar-refractivity contribution in [2.45, 2.75) is 38.6 Å². The summed E-state index contributed by atoms with van der Waals surface area (Å²) in [6.07, 6.45) is 9.82. The van der Waals surface area contributed by atoms with Gasteiger partial charge in [-0.05, 0) is 45.3 Å². The first-order valence-corrected chi connectivity index (χ1v) is 7.48. The maximum Gasteiger partial charge on any atom is 0.165 e. The molecule has 6 nitrogen and oxygen atoms in total. The summed E-state index contributed by atoms with van der Waals surface area (Å²) in [5.41, 5.74) is 7.34. The molecular weight excluding hydrogens is 252 g/mol. The summed E-state index contributed by atoms with van der Waals surface area (Å²) in [6, 6.07) is 0. The van der Waals surface area contributed by atoms with Crippen LogP contribution in [0.3, 0.4) is 0 Å². The molecular formula is C14H22N6. The molecule has 2 aromatic rings. The quantitative estimate of drug-likeness (QED) is 0.840. The Kier molecular flexibility index (Phi) is 4.11.